The van der Waals surface area contributed by atoms with Gasteiger partial charge in [-0.15, -0.1) is 0 Å². The van der Waals surface area contributed by atoms with Gasteiger partial charge in [0.2, 0.25) is 11.2 Å². The molecule has 0 spiro atoms. The van der Waals surface area contributed by atoms with E-state index in [1.807, 2.05) is 0 Å². The Labute approximate surface area is 114 Å². The fourth-order valence-electron chi connectivity index (χ4n) is 2.25. The van der Waals surface area contributed by atoms with Gasteiger partial charge in [-0.3, -0.25) is 4.79 Å². The molecule has 0 bridgehead atoms. The average Bonchev–Trinajstić information content (AvgIpc) is 2.46. The maximum Gasteiger partial charge on any atom is 0.204 e. The highest BCUT2D eigenvalue weighted by Gasteiger charge is 2.19. The first-order valence-electron chi connectivity index (χ1n) is 5.97. The zero-order valence-corrected chi connectivity index (χ0v) is 11.0. The van der Waals surface area contributed by atoms with Gasteiger partial charge < -0.3 is 19.0 Å². The van der Waals surface area contributed by atoms with Gasteiger partial charge in [-0.2, -0.15) is 0 Å². The van der Waals surface area contributed by atoms with Crippen molar-refractivity contribution in [1.29, 1.82) is 0 Å². The molecule has 1 N–H and O–H groups in total. The fourth-order valence-corrected chi connectivity index (χ4v) is 2.25. The Kier molecular flexibility index (Phi) is 2.75. The Morgan fingerprint density at radius 1 is 1.10 bits per heavy atom. The maximum absolute atomic E-state index is 12.5. The summed E-state index contributed by atoms with van der Waals surface area (Å²) < 4.78 is 15.9. The Bertz CT molecular complexity index is 863. The lowest BCUT2D eigenvalue weighted by Gasteiger charge is -2.11. The van der Waals surface area contributed by atoms with Gasteiger partial charge in [0, 0.05) is 6.07 Å². The van der Waals surface area contributed by atoms with Crippen molar-refractivity contribution in [3.05, 3.63) is 40.6 Å². The highest BCUT2D eigenvalue weighted by Crippen LogP contribution is 2.41. The first-order valence-corrected chi connectivity index (χ1v) is 5.97. The molecule has 2 aromatic carbocycles. The minimum atomic E-state index is -0.305. The number of hydrogen-bond acceptors (Lipinski definition) is 5. The van der Waals surface area contributed by atoms with Crippen LogP contribution >= 0.6 is 0 Å². The van der Waals surface area contributed by atoms with Gasteiger partial charge >= 0.3 is 0 Å². The lowest BCUT2D eigenvalue weighted by molar-refractivity contribution is 0.334. The normalized spacial score (nSPS) is 10.9. The largest absolute Gasteiger partial charge is 0.504 e. The van der Waals surface area contributed by atoms with E-state index in [0.29, 0.717) is 16.7 Å². The maximum atomic E-state index is 12.5. The number of hydrogen-bond donors (Lipinski definition) is 1. The third kappa shape index (κ3) is 1.60. The molecule has 0 aliphatic carbocycles. The van der Waals surface area contributed by atoms with Crippen LogP contribution in [0.4, 0.5) is 0 Å². The first kappa shape index (κ1) is 12.3. The number of phenols is 1. The van der Waals surface area contributed by atoms with Crippen LogP contribution in [0, 0.1) is 0 Å². The molecule has 0 radical (unpaired) electrons. The number of ether oxygens (including phenoxy) is 2. The number of para-hydroxylation sites is 1. The predicted octanol–water partition coefficient (Wildman–Crippen LogP) is 2.67. The molecule has 3 rings (SSSR count). The molecule has 5 nitrogen and oxygen atoms in total. The van der Waals surface area contributed by atoms with Crippen molar-refractivity contribution in [3.63, 3.8) is 0 Å². The van der Waals surface area contributed by atoms with Crippen LogP contribution in [0.5, 0.6) is 17.2 Å². The van der Waals surface area contributed by atoms with Gasteiger partial charge in [-0.05, 0) is 12.1 Å². The van der Waals surface area contributed by atoms with E-state index in [9.17, 15) is 9.90 Å². The van der Waals surface area contributed by atoms with E-state index < -0.39 is 0 Å². The molecule has 102 valence electrons. The number of benzene rings is 2. The van der Waals surface area contributed by atoms with Crippen LogP contribution in [-0.2, 0) is 0 Å². The zero-order chi connectivity index (χ0) is 14.3. The summed E-state index contributed by atoms with van der Waals surface area (Å²) >= 11 is 0. The molecule has 1 aromatic heterocycles. The van der Waals surface area contributed by atoms with Crippen molar-refractivity contribution in [1.82, 2.24) is 0 Å². The molecule has 5 heteroatoms. The highest BCUT2D eigenvalue weighted by molar-refractivity contribution is 5.95. The van der Waals surface area contributed by atoms with Crippen molar-refractivity contribution in [3.8, 4) is 17.2 Å². The Balaban J connectivity index is 2.56. The molecule has 0 fully saturated rings. The minimum absolute atomic E-state index is 0.0846. The molecule has 3 aromatic rings. The van der Waals surface area contributed by atoms with E-state index in [0.717, 1.165) is 0 Å². The van der Waals surface area contributed by atoms with Crippen molar-refractivity contribution >= 4 is 21.9 Å². The van der Waals surface area contributed by atoms with Gasteiger partial charge in [-0.1, -0.05) is 12.1 Å². The summed E-state index contributed by atoms with van der Waals surface area (Å²) in [5, 5.41) is 10.7. The van der Waals surface area contributed by atoms with E-state index in [2.05, 4.69) is 0 Å². The summed E-state index contributed by atoms with van der Waals surface area (Å²) in [4.78, 5) is 12.5. The lowest BCUT2D eigenvalue weighted by atomic mass is 10.1. The summed E-state index contributed by atoms with van der Waals surface area (Å²) in [5.41, 5.74) is 0.403. The molecule has 0 saturated carbocycles. The van der Waals surface area contributed by atoms with E-state index in [4.69, 9.17) is 13.9 Å². The SMILES string of the molecule is COc1cc2oc3ccccc3c(=O)c2c(O)c1OC. The van der Waals surface area contributed by atoms with Crippen molar-refractivity contribution in [2.45, 2.75) is 0 Å². The van der Waals surface area contributed by atoms with Crippen LogP contribution in [-0.4, -0.2) is 19.3 Å². The summed E-state index contributed by atoms with van der Waals surface area (Å²) in [6, 6.07) is 8.39. The molecule has 0 saturated heterocycles. The van der Waals surface area contributed by atoms with Crippen molar-refractivity contribution in [2.75, 3.05) is 14.2 Å². The Morgan fingerprint density at radius 2 is 1.85 bits per heavy atom. The van der Waals surface area contributed by atoms with Gasteiger partial charge in [0.15, 0.2) is 11.5 Å². The number of methoxy groups -OCH3 is 2. The Morgan fingerprint density at radius 3 is 2.55 bits per heavy atom. The second-order valence-corrected chi connectivity index (χ2v) is 4.26. The van der Waals surface area contributed by atoms with E-state index in [1.54, 1.807) is 24.3 Å². The molecule has 20 heavy (non-hydrogen) atoms. The molecule has 1 heterocycles. The fraction of sp³-hybridized carbons (Fsp3) is 0.133. The molecule has 0 unspecified atom stereocenters. The van der Waals surface area contributed by atoms with E-state index in [-0.39, 0.29) is 27.9 Å². The van der Waals surface area contributed by atoms with Gasteiger partial charge in [0.05, 0.1) is 19.6 Å². The highest BCUT2D eigenvalue weighted by atomic mass is 16.5. The monoisotopic (exact) mass is 272 g/mol. The van der Waals surface area contributed by atoms with Gasteiger partial charge in [0.1, 0.15) is 16.6 Å². The number of phenolic OH excluding ortho intramolecular Hbond substituents is 1. The van der Waals surface area contributed by atoms with E-state index >= 15 is 0 Å². The smallest absolute Gasteiger partial charge is 0.204 e. The Hall–Kier alpha value is -2.69. The van der Waals surface area contributed by atoms with Crippen LogP contribution in [0.2, 0.25) is 0 Å². The lowest BCUT2D eigenvalue weighted by Crippen LogP contribution is -2.03. The summed E-state index contributed by atoms with van der Waals surface area (Å²) in [6.45, 7) is 0. The summed E-state index contributed by atoms with van der Waals surface area (Å²) in [6.07, 6.45) is 0. The number of rotatable bonds is 2. The summed E-state index contributed by atoms with van der Waals surface area (Å²) in [5.74, 6) is 0.139. The molecular weight excluding hydrogens is 260 g/mol. The topological polar surface area (TPSA) is 68.9 Å². The minimum Gasteiger partial charge on any atom is -0.504 e. The predicted molar refractivity (Wildman–Crippen MR) is 74.8 cm³/mol. The second-order valence-electron chi connectivity index (χ2n) is 4.26. The van der Waals surface area contributed by atoms with Crippen molar-refractivity contribution in [2.24, 2.45) is 0 Å². The van der Waals surface area contributed by atoms with Crippen LogP contribution in [0.25, 0.3) is 21.9 Å². The molecule has 0 amide bonds. The first-order chi connectivity index (χ1) is 9.67. The third-order valence-electron chi connectivity index (χ3n) is 3.19. The van der Waals surface area contributed by atoms with Crippen LogP contribution in [0.3, 0.4) is 0 Å². The molecule has 0 aliphatic rings. The van der Waals surface area contributed by atoms with Crippen LogP contribution in [0.1, 0.15) is 0 Å². The average molecular weight is 272 g/mol. The van der Waals surface area contributed by atoms with Crippen LogP contribution in [0.15, 0.2) is 39.5 Å². The van der Waals surface area contributed by atoms with Gasteiger partial charge in [-0.25, -0.2) is 0 Å². The quantitative estimate of drug-likeness (QED) is 0.726. The molecular formula is C15H12O5. The van der Waals surface area contributed by atoms with Crippen LogP contribution < -0.4 is 14.9 Å². The summed E-state index contributed by atoms with van der Waals surface area (Å²) in [7, 11) is 2.84. The zero-order valence-electron chi connectivity index (χ0n) is 11.0. The molecule has 0 atom stereocenters. The second kappa shape index (κ2) is 4.45. The standard InChI is InChI=1S/C15H12O5/c1-18-11-7-10-12(14(17)15(11)19-2)13(16)8-5-3-4-6-9(8)20-10/h3-7,17H,1-2H3. The van der Waals surface area contributed by atoms with Crippen molar-refractivity contribution < 1.29 is 19.0 Å². The third-order valence-corrected chi connectivity index (χ3v) is 3.19. The number of aromatic hydroxyl groups is 1. The number of fused-ring (bicyclic) bond motifs is 2. The van der Waals surface area contributed by atoms with Gasteiger partial charge in [0.25, 0.3) is 0 Å². The van der Waals surface area contributed by atoms with E-state index in [1.165, 1.54) is 20.3 Å². The molecule has 0 aliphatic heterocycles.